The van der Waals surface area contributed by atoms with E-state index in [9.17, 15) is 0 Å². The highest BCUT2D eigenvalue weighted by atomic mass is 16.5. The van der Waals surface area contributed by atoms with Crippen LogP contribution in [0.15, 0.2) is 12.2 Å². The summed E-state index contributed by atoms with van der Waals surface area (Å²) in [5.41, 5.74) is 1.57. The zero-order valence-corrected chi connectivity index (χ0v) is 10.3. The molecule has 0 aromatic carbocycles. The first-order chi connectivity index (χ1) is 6.29. The van der Waals surface area contributed by atoms with Crippen molar-refractivity contribution in [1.29, 1.82) is 0 Å². The van der Waals surface area contributed by atoms with Crippen molar-refractivity contribution >= 4 is 0 Å². The second kappa shape index (κ2) is 3.69. The molecule has 1 nitrogen and oxygen atoms in total. The van der Waals surface area contributed by atoms with E-state index in [0.29, 0.717) is 5.41 Å². The highest BCUT2D eigenvalue weighted by Crippen LogP contribution is 2.45. The number of hydrogen-bond donors (Lipinski definition) is 0. The van der Waals surface area contributed by atoms with E-state index in [1.807, 2.05) is 0 Å². The third-order valence-corrected chi connectivity index (χ3v) is 3.85. The average Bonchev–Trinajstić information content (AvgIpc) is 2.08. The maximum Gasteiger partial charge on any atom is 0.0859 e. The van der Waals surface area contributed by atoms with Crippen LogP contribution in [-0.2, 0) is 4.74 Å². The molecule has 0 spiro atoms. The van der Waals surface area contributed by atoms with E-state index in [2.05, 4.69) is 34.3 Å². The fraction of sp³-hybridized carbons (Fsp3) is 0.846. The third-order valence-electron chi connectivity index (χ3n) is 3.85. The van der Waals surface area contributed by atoms with Gasteiger partial charge in [-0.15, -0.1) is 0 Å². The molecule has 1 heteroatoms. The standard InChI is InChI=1S/C13H24O/c1-10-7-8-11(12(2,3)4)9-13(10,5)14-6/h11H,1,7-9H2,2-6H3/t11-,13-/m0/s1. The minimum absolute atomic E-state index is 0.0871. The lowest BCUT2D eigenvalue weighted by molar-refractivity contribution is -0.0184. The van der Waals surface area contributed by atoms with E-state index in [-0.39, 0.29) is 5.60 Å². The van der Waals surface area contributed by atoms with E-state index in [0.717, 1.165) is 18.8 Å². The van der Waals surface area contributed by atoms with Crippen LogP contribution in [0.2, 0.25) is 0 Å². The molecule has 1 aliphatic rings. The van der Waals surface area contributed by atoms with Crippen LogP contribution in [0.5, 0.6) is 0 Å². The summed E-state index contributed by atoms with van der Waals surface area (Å²) in [6, 6.07) is 0. The first kappa shape index (κ1) is 11.8. The summed E-state index contributed by atoms with van der Waals surface area (Å²) < 4.78 is 5.62. The summed E-state index contributed by atoms with van der Waals surface area (Å²) in [5.74, 6) is 0.748. The number of hydrogen-bond acceptors (Lipinski definition) is 1. The van der Waals surface area contributed by atoms with Gasteiger partial charge in [0, 0.05) is 7.11 Å². The van der Waals surface area contributed by atoms with E-state index in [4.69, 9.17) is 4.74 Å². The first-order valence-electron chi connectivity index (χ1n) is 5.53. The Morgan fingerprint density at radius 2 is 2.00 bits per heavy atom. The molecule has 0 saturated heterocycles. The number of ether oxygens (including phenoxy) is 1. The molecule has 0 heterocycles. The molecule has 0 radical (unpaired) electrons. The maximum absolute atomic E-state index is 5.62. The fourth-order valence-electron chi connectivity index (χ4n) is 2.30. The summed E-state index contributed by atoms with van der Waals surface area (Å²) in [4.78, 5) is 0. The van der Waals surface area contributed by atoms with E-state index < -0.39 is 0 Å². The molecule has 1 rings (SSSR count). The molecule has 1 fully saturated rings. The molecular weight excluding hydrogens is 172 g/mol. The van der Waals surface area contributed by atoms with Crippen LogP contribution in [0.25, 0.3) is 0 Å². The smallest absolute Gasteiger partial charge is 0.0859 e. The molecule has 82 valence electrons. The van der Waals surface area contributed by atoms with Gasteiger partial charge in [-0.05, 0) is 43.1 Å². The van der Waals surface area contributed by atoms with E-state index in [1.165, 1.54) is 12.0 Å². The maximum atomic E-state index is 5.62. The monoisotopic (exact) mass is 196 g/mol. The van der Waals surface area contributed by atoms with Gasteiger partial charge in [0.25, 0.3) is 0 Å². The van der Waals surface area contributed by atoms with E-state index in [1.54, 1.807) is 7.11 Å². The van der Waals surface area contributed by atoms with Crippen molar-refractivity contribution in [3.63, 3.8) is 0 Å². The molecular formula is C13H24O. The van der Waals surface area contributed by atoms with Crippen molar-refractivity contribution in [2.75, 3.05) is 7.11 Å². The number of rotatable bonds is 1. The van der Waals surface area contributed by atoms with Gasteiger partial charge in [-0.3, -0.25) is 0 Å². The van der Waals surface area contributed by atoms with Gasteiger partial charge in [-0.2, -0.15) is 0 Å². The Hall–Kier alpha value is -0.300. The molecule has 14 heavy (non-hydrogen) atoms. The Kier molecular flexibility index (Phi) is 3.10. The van der Waals surface area contributed by atoms with Gasteiger partial charge in [0.15, 0.2) is 0 Å². The van der Waals surface area contributed by atoms with Gasteiger partial charge in [-0.25, -0.2) is 0 Å². The molecule has 0 aromatic rings. The van der Waals surface area contributed by atoms with Crippen LogP contribution >= 0.6 is 0 Å². The first-order valence-corrected chi connectivity index (χ1v) is 5.53. The fourth-order valence-corrected chi connectivity index (χ4v) is 2.30. The molecule has 0 aromatic heterocycles. The van der Waals surface area contributed by atoms with Crippen molar-refractivity contribution < 1.29 is 4.74 Å². The quantitative estimate of drug-likeness (QED) is 0.580. The van der Waals surface area contributed by atoms with E-state index >= 15 is 0 Å². The zero-order valence-electron chi connectivity index (χ0n) is 10.3. The molecule has 0 amide bonds. The van der Waals surface area contributed by atoms with Crippen molar-refractivity contribution in [3.8, 4) is 0 Å². The molecule has 1 saturated carbocycles. The predicted molar refractivity (Wildman–Crippen MR) is 61.4 cm³/mol. The Morgan fingerprint density at radius 3 is 2.43 bits per heavy atom. The Labute approximate surface area is 88.5 Å². The predicted octanol–water partition coefficient (Wildman–Crippen LogP) is 3.79. The highest BCUT2D eigenvalue weighted by molar-refractivity contribution is 5.15. The topological polar surface area (TPSA) is 9.23 Å². The number of methoxy groups -OCH3 is 1. The molecule has 1 aliphatic carbocycles. The molecule has 0 N–H and O–H groups in total. The summed E-state index contributed by atoms with van der Waals surface area (Å²) in [5, 5.41) is 0. The SMILES string of the molecule is C=C1CC[C@H](C(C)(C)C)C[C@]1(C)OC. The van der Waals surface area contributed by atoms with Crippen LogP contribution in [0, 0.1) is 11.3 Å². The second-order valence-electron chi connectivity index (χ2n) is 5.84. The Balaban J connectivity index is 2.77. The lowest BCUT2D eigenvalue weighted by Crippen LogP contribution is -2.40. The molecule has 0 aliphatic heterocycles. The summed E-state index contributed by atoms with van der Waals surface area (Å²) in [6.07, 6.45) is 3.50. The van der Waals surface area contributed by atoms with Gasteiger partial charge < -0.3 is 4.74 Å². The average molecular weight is 196 g/mol. The molecule has 0 bridgehead atoms. The lowest BCUT2D eigenvalue weighted by atomic mass is 9.66. The van der Waals surface area contributed by atoms with Gasteiger partial charge >= 0.3 is 0 Å². The van der Waals surface area contributed by atoms with Gasteiger partial charge in [0.2, 0.25) is 0 Å². The summed E-state index contributed by atoms with van der Waals surface area (Å²) in [7, 11) is 1.80. The Bertz CT molecular complexity index is 224. The van der Waals surface area contributed by atoms with Gasteiger partial charge in [-0.1, -0.05) is 27.4 Å². The molecule has 2 atom stereocenters. The van der Waals surface area contributed by atoms with Gasteiger partial charge in [0.1, 0.15) is 0 Å². The zero-order chi connectivity index (χ0) is 11.0. The minimum Gasteiger partial charge on any atom is -0.374 e. The van der Waals surface area contributed by atoms with Crippen LogP contribution in [0.3, 0.4) is 0 Å². The normalized spacial score (nSPS) is 34.6. The van der Waals surface area contributed by atoms with Crippen LogP contribution in [0.1, 0.15) is 47.0 Å². The van der Waals surface area contributed by atoms with Crippen molar-refractivity contribution in [2.24, 2.45) is 11.3 Å². The highest BCUT2D eigenvalue weighted by Gasteiger charge is 2.39. The lowest BCUT2D eigenvalue weighted by Gasteiger charge is -2.44. The molecule has 0 unspecified atom stereocenters. The minimum atomic E-state index is -0.0871. The summed E-state index contributed by atoms with van der Waals surface area (Å²) >= 11 is 0. The van der Waals surface area contributed by atoms with Crippen LogP contribution in [0.4, 0.5) is 0 Å². The van der Waals surface area contributed by atoms with Crippen molar-refractivity contribution in [2.45, 2.75) is 52.6 Å². The third kappa shape index (κ3) is 2.20. The van der Waals surface area contributed by atoms with Gasteiger partial charge in [0.05, 0.1) is 5.60 Å². The largest absolute Gasteiger partial charge is 0.374 e. The Morgan fingerprint density at radius 1 is 1.43 bits per heavy atom. The second-order valence-corrected chi connectivity index (χ2v) is 5.84. The van der Waals surface area contributed by atoms with Crippen LogP contribution < -0.4 is 0 Å². The summed E-state index contributed by atoms with van der Waals surface area (Å²) in [6.45, 7) is 13.3. The van der Waals surface area contributed by atoms with Crippen molar-refractivity contribution in [1.82, 2.24) is 0 Å². The van der Waals surface area contributed by atoms with Crippen molar-refractivity contribution in [3.05, 3.63) is 12.2 Å². The van der Waals surface area contributed by atoms with Crippen LogP contribution in [-0.4, -0.2) is 12.7 Å².